The summed E-state index contributed by atoms with van der Waals surface area (Å²) in [7, 11) is 9.42. The van der Waals surface area contributed by atoms with Crippen LogP contribution in [-0.4, -0.2) is 58.3 Å². The molecule has 10 heteroatoms. The number of imidazole rings is 1. The van der Waals surface area contributed by atoms with Gasteiger partial charge in [0.1, 0.15) is 11.3 Å². The Bertz CT molecular complexity index is 1380. The van der Waals surface area contributed by atoms with Gasteiger partial charge in [-0.15, -0.1) is 0 Å². The van der Waals surface area contributed by atoms with E-state index in [1.807, 2.05) is 46.9 Å². The van der Waals surface area contributed by atoms with Gasteiger partial charge in [-0.25, -0.2) is 9.98 Å². The third-order valence-electron chi connectivity index (χ3n) is 5.53. The maximum absolute atomic E-state index is 5.55. The first-order chi connectivity index (χ1) is 17.5. The van der Waals surface area contributed by atoms with Gasteiger partial charge in [-0.1, -0.05) is 6.07 Å². The molecule has 0 bridgehead atoms. The van der Waals surface area contributed by atoms with E-state index in [4.69, 9.17) is 38.4 Å². The lowest BCUT2D eigenvalue weighted by Crippen LogP contribution is -1.97. The predicted octanol–water partition coefficient (Wildman–Crippen LogP) is 5.57. The van der Waals surface area contributed by atoms with E-state index in [-0.39, 0.29) is 0 Å². The number of rotatable bonds is 9. The number of nitrogens with zero attached hydrogens (tertiary/aromatic N) is 3. The summed E-state index contributed by atoms with van der Waals surface area (Å²) in [6, 6.07) is 13.1. The van der Waals surface area contributed by atoms with Gasteiger partial charge in [0, 0.05) is 17.3 Å². The van der Waals surface area contributed by atoms with Crippen LogP contribution in [0.1, 0.15) is 5.56 Å². The van der Waals surface area contributed by atoms with E-state index < -0.39 is 0 Å². The standard InChI is InChI=1S/C26H26BrN3O6/c1-31-17-10-15(11-18(32-2)24(17)35-5)14-28-26-23(29-22-9-7-8-21(27)30(22)26)16-12-19(33-3)25(36-6)20(13-16)34-4/h7-14H,1-6H3. The zero-order chi connectivity index (χ0) is 25.8. The largest absolute Gasteiger partial charge is 0.493 e. The van der Waals surface area contributed by atoms with Crippen LogP contribution in [0.2, 0.25) is 0 Å². The van der Waals surface area contributed by atoms with Crippen molar-refractivity contribution in [1.29, 1.82) is 0 Å². The molecule has 2 aromatic carbocycles. The van der Waals surface area contributed by atoms with Crippen molar-refractivity contribution in [2.75, 3.05) is 42.7 Å². The first-order valence-corrected chi connectivity index (χ1v) is 11.6. The molecule has 0 atom stereocenters. The van der Waals surface area contributed by atoms with Gasteiger partial charge in [0.25, 0.3) is 0 Å². The van der Waals surface area contributed by atoms with Gasteiger partial charge in [-0.05, 0) is 52.3 Å². The zero-order valence-corrected chi connectivity index (χ0v) is 22.4. The van der Waals surface area contributed by atoms with Crippen molar-refractivity contribution in [3.05, 3.63) is 52.6 Å². The second-order valence-corrected chi connectivity index (χ2v) is 8.27. The number of halogens is 1. The molecule has 9 nitrogen and oxygen atoms in total. The van der Waals surface area contributed by atoms with Crippen LogP contribution in [-0.2, 0) is 0 Å². The molecule has 0 saturated carbocycles. The van der Waals surface area contributed by atoms with Crippen LogP contribution in [0.5, 0.6) is 34.5 Å². The SMILES string of the molecule is COc1cc(C=Nc2c(-c3cc(OC)c(OC)c(OC)c3)nc3cccc(Br)n23)cc(OC)c1OC. The number of methoxy groups -OCH3 is 6. The fourth-order valence-corrected chi connectivity index (χ4v) is 4.38. The summed E-state index contributed by atoms with van der Waals surface area (Å²) in [5.74, 6) is 3.69. The average Bonchev–Trinajstić information content (AvgIpc) is 3.29. The monoisotopic (exact) mass is 555 g/mol. The molecule has 0 spiro atoms. The Morgan fingerprint density at radius 1 is 0.750 bits per heavy atom. The Morgan fingerprint density at radius 2 is 1.28 bits per heavy atom. The maximum Gasteiger partial charge on any atom is 0.203 e. The topological polar surface area (TPSA) is 85.0 Å². The van der Waals surface area contributed by atoms with Gasteiger partial charge in [0.2, 0.25) is 11.5 Å². The Morgan fingerprint density at radius 3 is 1.78 bits per heavy atom. The first kappa shape index (κ1) is 25.2. The molecule has 0 aliphatic carbocycles. The highest BCUT2D eigenvalue weighted by Crippen LogP contribution is 2.44. The minimum Gasteiger partial charge on any atom is -0.493 e. The number of hydrogen-bond acceptors (Lipinski definition) is 8. The third-order valence-corrected chi connectivity index (χ3v) is 6.15. The quantitative estimate of drug-likeness (QED) is 0.197. The molecule has 0 aliphatic heterocycles. The number of hydrogen-bond donors (Lipinski definition) is 0. The fraction of sp³-hybridized carbons (Fsp3) is 0.231. The molecule has 36 heavy (non-hydrogen) atoms. The van der Waals surface area contributed by atoms with E-state index in [1.165, 1.54) is 0 Å². The highest BCUT2D eigenvalue weighted by molar-refractivity contribution is 9.10. The molecule has 0 aliphatic rings. The highest BCUT2D eigenvalue weighted by atomic mass is 79.9. The minimum absolute atomic E-state index is 0.496. The van der Waals surface area contributed by atoms with Crippen LogP contribution >= 0.6 is 15.9 Å². The molecule has 4 rings (SSSR count). The number of ether oxygens (including phenoxy) is 6. The lowest BCUT2D eigenvalue weighted by molar-refractivity contribution is 0.324. The van der Waals surface area contributed by atoms with E-state index >= 15 is 0 Å². The van der Waals surface area contributed by atoms with E-state index in [2.05, 4.69) is 15.9 Å². The fourth-order valence-electron chi connectivity index (χ4n) is 3.88. The second-order valence-electron chi connectivity index (χ2n) is 7.46. The number of pyridine rings is 1. The smallest absolute Gasteiger partial charge is 0.203 e. The Balaban J connectivity index is 1.93. The van der Waals surface area contributed by atoms with Crippen LogP contribution in [0, 0.1) is 0 Å². The summed E-state index contributed by atoms with van der Waals surface area (Å²) in [5.41, 5.74) is 2.84. The highest BCUT2D eigenvalue weighted by Gasteiger charge is 2.20. The van der Waals surface area contributed by atoms with Crippen molar-refractivity contribution in [3.8, 4) is 45.8 Å². The van der Waals surface area contributed by atoms with E-state index in [9.17, 15) is 0 Å². The summed E-state index contributed by atoms with van der Waals surface area (Å²) >= 11 is 3.63. The Labute approximate surface area is 217 Å². The number of aliphatic imine (C=N–C) groups is 1. The van der Waals surface area contributed by atoms with Crippen LogP contribution < -0.4 is 28.4 Å². The van der Waals surface area contributed by atoms with Gasteiger partial charge in [0.05, 0.1) is 47.3 Å². The second kappa shape index (κ2) is 10.8. The van der Waals surface area contributed by atoms with Gasteiger partial charge < -0.3 is 28.4 Å². The van der Waals surface area contributed by atoms with Crippen molar-refractivity contribution in [2.45, 2.75) is 0 Å². The number of aromatic nitrogens is 2. The van der Waals surface area contributed by atoms with Gasteiger partial charge in [-0.2, -0.15) is 0 Å². The van der Waals surface area contributed by atoms with Crippen LogP contribution in [0.25, 0.3) is 16.9 Å². The molecule has 2 aromatic heterocycles. The van der Waals surface area contributed by atoms with Crippen molar-refractivity contribution < 1.29 is 28.4 Å². The normalized spacial score (nSPS) is 11.1. The predicted molar refractivity (Wildman–Crippen MR) is 141 cm³/mol. The van der Waals surface area contributed by atoms with Crippen LogP contribution in [0.15, 0.2) is 52.1 Å². The molecule has 0 fully saturated rings. The molecule has 4 aromatic rings. The summed E-state index contributed by atoms with van der Waals surface area (Å²) in [6.07, 6.45) is 1.72. The summed E-state index contributed by atoms with van der Waals surface area (Å²) < 4.78 is 35.7. The number of fused-ring (bicyclic) bond motifs is 1. The van der Waals surface area contributed by atoms with Crippen molar-refractivity contribution in [2.24, 2.45) is 4.99 Å². The van der Waals surface area contributed by atoms with Crippen molar-refractivity contribution in [3.63, 3.8) is 0 Å². The number of benzene rings is 2. The van der Waals surface area contributed by atoms with E-state index in [0.717, 1.165) is 15.7 Å². The van der Waals surface area contributed by atoms with E-state index in [0.29, 0.717) is 51.7 Å². The van der Waals surface area contributed by atoms with Crippen LogP contribution in [0.3, 0.4) is 0 Å². The molecule has 0 saturated heterocycles. The average molecular weight is 556 g/mol. The lowest BCUT2D eigenvalue weighted by Gasteiger charge is -2.14. The third kappa shape index (κ3) is 4.51. The van der Waals surface area contributed by atoms with Gasteiger partial charge >= 0.3 is 0 Å². The zero-order valence-electron chi connectivity index (χ0n) is 20.8. The van der Waals surface area contributed by atoms with Gasteiger partial charge in [-0.3, -0.25) is 4.40 Å². The lowest BCUT2D eigenvalue weighted by atomic mass is 10.1. The molecule has 0 radical (unpaired) electrons. The molecule has 0 amide bonds. The van der Waals surface area contributed by atoms with E-state index in [1.54, 1.807) is 48.9 Å². The maximum atomic E-state index is 5.55. The summed E-state index contributed by atoms with van der Waals surface area (Å²) in [4.78, 5) is 9.70. The first-order valence-electron chi connectivity index (χ1n) is 10.8. The molecule has 188 valence electrons. The molecule has 0 N–H and O–H groups in total. The molecular formula is C26H26BrN3O6. The van der Waals surface area contributed by atoms with Crippen molar-refractivity contribution >= 4 is 33.6 Å². The Kier molecular flexibility index (Phi) is 7.54. The Hall–Kier alpha value is -3.92. The molecule has 2 heterocycles. The minimum atomic E-state index is 0.496. The van der Waals surface area contributed by atoms with Crippen LogP contribution in [0.4, 0.5) is 5.82 Å². The summed E-state index contributed by atoms with van der Waals surface area (Å²) in [5, 5.41) is 0. The summed E-state index contributed by atoms with van der Waals surface area (Å²) in [6.45, 7) is 0. The van der Waals surface area contributed by atoms with Gasteiger partial charge in [0.15, 0.2) is 28.8 Å². The molecular weight excluding hydrogens is 530 g/mol. The molecule has 0 unspecified atom stereocenters. The van der Waals surface area contributed by atoms with Crippen molar-refractivity contribution in [1.82, 2.24) is 9.38 Å².